The smallest absolute Gasteiger partial charge is 0.119 e. The van der Waals surface area contributed by atoms with E-state index in [1.54, 1.807) is 14.2 Å². The minimum Gasteiger partial charge on any atom is -0.497 e. The lowest BCUT2D eigenvalue weighted by molar-refractivity contribution is -0.0490. The van der Waals surface area contributed by atoms with Gasteiger partial charge in [0.15, 0.2) is 0 Å². The molecular weight excluding hydrogens is 338 g/mol. The molecule has 4 heteroatoms. The normalized spacial score (nSPS) is 25.0. The van der Waals surface area contributed by atoms with E-state index in [2.05, 4.69) is 31.1 Å². The minimum atomic E-state index is -0.848. The first-order chi connectivity index (χ1) is 13.0. The Labute approximate surface area is 162 Å². The Bertz CT molecular complexity index is 744. The fourth-order valence-corrected chi connectivity index (χ4v) is 4.52. The van der Waals surface area contributed by atoms with Crippen LogP contribution in [-0.2, 0) is 12.0 Å². The van der Waals surface area contributed by atoms with Crippen molar-refractivity contribution in [1.82, 2.24) is 4.90 Å². The molecule has 0 spiro atoms. The van der Waals surface area contributed by atoms with Gasteiger partial charge in [-0.2, -0.15) is 0 Å². The van der Waals surface area contributed by atoms with Crippen molar-refractivity contribution in [3.05, 3.63) is 59.7 Å². The zero-order valence-corrected chi connectivity index (χ0v) is 16.8. The van der Waals surface area contributed by atoms with Gasteiger partial charge in [0.2, 0.25) is 0 Å². The van der Waals surface area contributed by atoms with E-state index in [1.807, 2.05) is 36.4 Å². The highest BCUT2D eigenvalue weighted by Gasteiger charge is 2.49. The average Bonchev–Trinajstić information content (AvgIpc) is 2.98. The van der Waals surface area contributed by atoms with Crippen LogP contribution in [0.4, 0.5) is 0 Å². The van der Waals surface area contributed by atoms with Gasteiger partial charge in [-0.25, -0.2) is 0 Å². The van der Waals surface area contributed by atoms with Gasteiger partial charge in [-0.1, -0.05) is 24.3 Å². The van der Waals surface area contributed by atoms with Crippen molar-refractivity contribution in [1.29, 1.82) is 0 Å². The Balaban J connectivity index is 1.93. The van der Waals surface area contributed by atoms with Gasteiger partial charge in [0.25, 0.3) is 0 Å². The van der Waals surface area contributed by atoms with Crippen molar-refractivity contribution >= 4 is 0 Å². The molecule has 0 aromatic heterocycles. The van der Waals surface area contributed by atoms with Crippen LogP contribution in [0.15, 0.2) is 48.5 Å². The first kappa shape index (κ1) is 19.7. The number of methoxy groups -OCH3 is 2. The summed E-state index contributed by atoms with van der Waals surface area (Å²) in [5, 5.41) is 12.0. The molecule has 1 fully saturated rings. The van der Waals surface area contributed by atoms with E-state index in [0.29, 0.717) is 0 Å². The van der Waals surface area contributed by atoms with Gasteiger partial charge in [-0.05, 0) is 74.7 Å². The Kier molecular flexibility index (Phi) is 6.08. The maximum Gasteiger partial charge on any atom is 0.119 e. The van der Waals surface area contributed by atoms with Crippen molar-refractivity contribution in [2.45, 2.75) is 24.9 Å². The number of aliphatic hydroxyl groups is 1. The molecule has 0 saturated heterocycles. The zero-order valence-electron chi connectivity index (χ0n) is 16.8. The Morgan fingerprint density at radius 3 is 2.26 bits per heavy atom. The zero-order chi connectivity index (χ0) is 19.4. The highest BCUT2D eigenvalue weighted by molar-refractivity contribution is 5.34. The van der Waals surface area contributed by atoms with E-state index in [-0.39, 0.29) is 11.8 Å². The lowest BCUT2D eigenvalue weighted by atomic mass is 9.75. The minimum absolute atomic E-state index is 0.169. The molecule has 0 heterocycles. The van der Waals surface area contributed by atoms with Crippen molar-refractivity contribution in [2.24, 2.45) is 11.8 Å². The number of benzene rings is 2. The molecule has 2 aromatic carbocycles. The van der Waals surface area contributed by atoms with Crippen LogP contribution in [0, 0.1) is 11.8 Å². The molecule has 0 aliphatic heterocycles. The van der Waals surface area contributed by atoms with Crippen LogP contribution in [-0.4, -0.2) is 44.9 Å². The maximum atomic E-state index is 12.0. The van der Waals surface area contributed by atoms with Crippen LogP contribution in [0.5, 0.6) is 11.5 Å². The molecule has 3 rings (SSSR count). The molecule has 3 atom stereocenters. The Hall–Kier alpha value is -2.04. The van der Waals surface area contributed by atoms with Gasteiger partial charge in [0, 0.05) is 12.5 Å². The monoisotopic (exact) mass is 369 g/mol. The summed E-state index contributed by atoms with van der Waals surface area (Å²) in [7, 11) is 7.50. The maximum absolute atomic E-state index is 12.0. The summed E-state index contributed by atoms with van der Waals surface area (Å²) in [6.07, 6.45) is 2.87. The third-order valence-corrected chi connectivity index (χ3v) is 5.86. The van der Waals surface area contributed by atoms with Gasteiger partial charge < -0.3 is 19.5 Å². The van der Waals surface area contributed by atoms with Crippen LogP contribution in [0.2, 0.25) is 0 Å². The summed E-state index contributed by atoms with van der Waals surface area (Å²) in [5.74, 6) is 2.05. The lowest BCUT2D eigenvalue weighted by Gasteiger charge is -2.37. The summed E-state index contributed by atoms with van der Waals surface area (Å²) in [5.41, 5.74) is 1.34. The average molecular weight is 370 g/mol. The second-order valence-corrected chi connectivity index (χ2v) is 7.84. The highest BCUT2D eigenvalue weighted by Crippen LogP contribution is 2.49. The molecule has 2 aromatic rings. The summed E-state index contributed by atoms with van der Waals surface area (Å²) in [6.45, 7) is 0.872. The van der Waals surface area contributed by atoms with Gasteiger partial charge in [-0.3, -0.25) is 0 Å². The van der Waals surface area contributed by atoms with Gasteiger partial charge in [0.05, 0.1) is 19.8 Å². The predicted octanol–water partition coefficient (Wildman–Crippen LogP) is 3.72. The highest BCUT2D eigenvalue weighted by atomic mass is 16.5. The lowest BCUT2D eigenvalue weighted by Crippen LogP contribution is -2.41. The predicted molar refractivity (Wildman–Crippen MR) is 108 cm³/mol. The van der Waals surface area contributed by atoms with E-state index in [1.165, 1.54) is 5.56 Å². The van der Waals surface area contributed by atoms with Crippen LogP contribution < -0.4 is 9.47 Å². The SMILES string of the molecule is COc1ccc(C2(O)C(Cc3cccc(OC)c3)CCC2CN(C)C)cc1. The Morgan fingerprint density at radius 1 is 0.963 bits per heavy atom. The molecule has 0 bridgehead atoms. The summed E-state index contributed by atoms with van der Waals surface area (Å²) in [4.78, 5) is 2.17. The van der Waals surface area contributed by atoms with Crippen molar-refractivity contribution in [2.75, 3.05) is 34.9 Å². The van der Waals surface area contributed by atoms with Gasteiger partial charge in [0.1, 0.15) is 11.5 Å². The third kappa shape index (κ3) is 4.12. The number of rotatable bonds is 7. The van der Waals surface area contributed by atoms with E-state index in [4.69, 9.17) is 9.47 Å². The number of nitrogens with zero attached hydrogens (tertiary/aromatic N) is 1. The molecule has 146 valence electrons. The quantitative estimate of drug-likeness (QED) is 0.808. The number of ether oxygens (including phenoxy) is 2. The van der Waals surface area contributed by atoms with Gasteiger partial charge in [-0.15, -0.1) is 0 Å². The van der Waals surface area contributed by atoms with E-state index >= 15 is 0 Å². The van der Waals surface area contributed by atoms with Crippen LogP contribution in [0.25, 0.3) is 0 Å². The molecule has 4 nitrogen and oxygen atoms in total. The second-order valence-electron chi connectivity index (χ2n) is 7.84. The molecule has 1 aliphatic rings. The molecule has 0 radical (unpaired) electrons. The van der Waals surface area contributed by atoms with E-state index in [9.17, 15) is 5.11 Å². The fourth-order valence-electron chi connectivity index (χ4n) is 4.52. The first-order valence-corrected chi connectivity index (χ1v) is 9.62. The van der Waals surface area contributed by atoms with E-state index < -0.39 is 5.60 Å². The number of hydrogen-bond acceptors (Lipinski definition) is 4. The van der Waals surface area contributed by atoms with Crippen LogP contribution >= 0.6 is 0 Å². The molecule has 27 heavy (non-hydrogen) atoms. The molecule has 1 N–H and O–H groups in total. The second kappa shape index (κ2) is 8.32. The molecule has 3 unspecified atom stereocenters. The first-order valence-electron chi connectivity index (χ1n) is 9.62. The number of hydrogen-bond donors (Lipinski definition) is 1. The molecule has 1 saturated carbocycles. The van der Waals surface area contributed by atoms with Crippen molar-refractivity contribution in [3.8, 4) is 11.5 Å². The van der Waals surface area contributed by atoms with Crippen molar-refractivity contribution < 1.29 is 14.6 Å². The Morgan fingerprint density at radius 2 is 1.63 bits per heavy atom. The summed E-state index contributed by atoms with van der Waals surface area (Å²) >= 11 is 0. The van der Waals surface area contributed by atoms with Crippen LogP contribution in [0.1, 0.15) is 24.0 Å². The standard InChI is InChI=1S/C23H31NO3/c1-24(2)16-20-9-8-19(14-17-6-5-7-22(15-17)27-4)23(20,25)18-10-12-21(26-3)13-11-18/h5-7,10-13,15,19-20,25H,8-9,14,16H2,1-4H3. The van der Waals surface area contributed by atoms with Crippen LogP contribution in [0.3, 0.4) is 0 Å². The summed E-state index contributed by atoms with van der Waals surface area (Å²) < 4.78 is 10.7. The summed E-state index contributed by atoms with van der Waals surface area (Å²) in [6, 6.07) is 16.1. The topological polar surface area (TPSA) is 41.9 Å². The van der Waals surface area contributed by atoms with E-state index in [0.717, 1.165) is 42.9 Å². The molecule has 1 aliphatic carbocycles. The molecule has 0 amide bonds. The fraction of sp³-hybridized carbons (Fsp3) is 0.478. The molecular formula is C23H31NO3. The third-order valence-electron chi connectivity index (χ3n) is 5.86. The van der Waals surface area contributed by atoms with Gasteiger partial charge >= 0.3 is 0 Å². The van der Waals surface area contributed by atoms with Crippen molar-refractivity contribution in [3.63, 3.8) is 0 Å². The largest absolute Gasteiger partial charge is 0.497 e.